The standard InChI is InChI=1S/C13H29N3O/c1-10(2)6-12(8-14)7-13(17)15-9-11(3)16(4)5/h10-12H,6-9,14H2,1-5H3,(H,15,17). The van der Waals surface area contributed by atoms with Crippen LogP contribution in [-0.4, -0.2) is 44.0 Å². The number of likely N-dealkylation sites (N-methyl/N-ethyl adjacent to an activating group) is 1. The van der Waals surface area contributed by atoms with E-state index in [0.29, 0.717) is 37.4 Å². The zero-order chi connectivity index (χ0) is 13.4. The second-order valence-corrected chi connectivity index (χ2v) is 5.55. The van der Waals surface area contributed by atoms with Gasteiger partial charge in [-0.1, -0.05) is 13.8 Å². The summed E-state index contributed by atoms with van der Waals surface area (Å²) in [5.41, 5.74) is 5.69. The van der Waals surface area contributed by atoms with Gasteiger partial charge in [0.1, 0.15) is 0 Å². The lowest BCUT2D eigenvalue weighted by Gasteiger charge is -2.21. The maximum Gasteiger partial charge on any atom is 0.220 e. The molecule has 2 atom stereocenters. The number of nitrogens with zero attached hydrogens (tertiary/aromatic N) is 1. The lowest BCUT2D eigenvalue weighted by Crippen LogP contribution is -2.39. The number of carbonyl (C=O) groups excluding carboxylic acids is 1. The van der Waals surface area contributed by atoms with Crippen LogP contribution in [0, 0.1) is 11.8 Å². The van der Waals surface area contributed by atoms with Crippen LogP contribution in [0.3, 0.4) is 0 Å². The van der Waals surface area contributed by atoms with Gasteiger partial charge in [-0.2, -0.15) is 0 Å². The molecule has 0 aromatic carbocycles. The van der Waals surface area contributed by atoms with Crippen LogP contribution in [0.5, 0.6) is 0 Å². The molecule has 0 saturated heterocycles. The predicted octanol–water partition coefficient (Wildman–Crippen LogP) is 1.06. The van der Waals surface area contributed by atoms with E-state index in [2.05, 4.69) is 31.0 Å². The van der Waals surface area contributed by atoms with Gasteiger partial charge in [0.05, 0.1) is 0 Å². The first kappa shape index (κ1) is 16.4. The van der Waals surface area contributed by atoms with E-state index in [1.807, 2.05) is 14.1 Å². The number of amides is 1. The highest BCUT2D eigenvalue weighted by atomic mass is 16.1. The average Bonchev–Trinajstić information content (AvgIpc) is 2.23. The third-order valence-corrected chi connectivity index (χ3v) is 3.09. The lowest BCUT2D eigenvalue weighted by molar-refractivity contribution is -0.122. The van der Waals surface area contributed by atoms with Crippen molar-refractivity contribution >= 4 is 5.91 Å². The molecule has 17 heavy (non-hydrogen) atoms. The van der Waals surface area contributed by atoms with E-state index < -0.39 is 0 Å². The number of nitrogens with two attached hydrogens (primary N) is 1. The number of rotatable bonds is 8. The molecular formula is C13H29N3O. The zero-order valence-electron chi connectivity index (χ0n) is 12.0. The van der Waals surface area contributed by atoms with Crippen LogP contribution in [0.25, 0.3) is 0 Å². The minimum absolute atomic E-state index is 0.120. The van der Waals surface area contributed by atoms with Crippen molar-refractivity contribution in [1.29, 1.82) is 0 Å². The van der Waals surface area contributed by atoms with E-state index in [-0.39, 0.29) is 5.91 Å². The third-order valence-electron chi connectivity index (χ3n) is 3.09. The van der Waals surface area contributed by atoms with Crippen LogP contribution in [0.1, 0.15) is 33.6 Å². The molecule has 0 bridgehead atoms. The summed E-state index contributed by atoms with van der Waals surface area (Å²) >= 11 is 0. The summed E-state index contributed by atoms with van der Waals surface area (Å²) in [4.78, 5) is 13.8. The smallest absolute Gasteiger partial charge is 0.220 e. The summed E-state index contributed by atoms with van der Waals surface area (Å²) in [5.74, 6) is 1.02. The maximum absolute atomic E-state index is 11.7. The lowest BCUT2D eigenvalue weighted by atomic mass is 9.94. The Labute approximate surface area is 106 Å². The van der Waals surface area contributed by atoms with E-state index >= 15 is 0 Å². The summed E-state index contributed by atoms with van der Waals surface area (Å²) < 4.78 is 0. The number of carbonyl (C=O) groups is 1. The van der Waals surface area contributed by atoms with Crippen molar-refractivity contribution < 1.29 is 4.79 Å². The summed E-state index contributed by atoms with van der Waals surface area (Å²) in [6, 6.07) is 0.361. The Bertz CT molecular complexity index is 217. The summed E-state index contributed by atoms with van der Waals surface area (Å²) in [6.07, 6.45) is 1.57. The molecule has 0 fully saturated rings. The molecule has 4 nitrogen and oxygen atoms in total. The second-order valence-electron chi connectivity index (χ2n) is 5.55. The summed E-state index contributed by atoms with van der Waals surface area (Å²) in [6.45, 7) is 7.71. The zero-order valence-corrected chi connectivity index (χ0v) is 12.0. The maximum atomic E-state index is 11.7. The molecule has 0 aliphatic carbocycles. The van der Waals surface area contributed by atoms with Gasteiger partial charge in [-0.15, -0.1) is 0 Å². The molecule has 0 saturated carbocycles. The Morgan fingerprint density at radius 1 is 1.29 bits per heavy atom. The summed E-state index contributed by atoms with van der Waals surface area (Å²) in [5, 5.41) is 2.97. The molecular weight excluding hydrogens is 214 g/mol. The van der Waals surface area contributed by atoms with Gasteiger partial charge >= 0.3 is 0 Å². The van der Waals surface area contributed by atoms with Crippen molar-refractivity contribution in [3.63, 3.8) is 0 Å². The Morgan fingerprint density at radius 3 is 2.29 bits per heavy atom. The fourth-order valence-electron chi connectivity index (χ4n) is 1.71. The fourth-order valence-corrected chi connectivity index (χ4v) is 1.71. The Hall–Kier alpha value is -0.610. The van der Waals surface area contributed by atoms with E-state index in [1.165, 1.54) is 0 Å². The molecule has 0 aromatic rings. The molecule has 4 heteroatoms. The van der Waals surface area contributed by atoms with Gasteiger partial charge in [-0.05, 0) is 45.8 Å². The molecule has 3 N–H and O–H groups in total. The van der Waals surface area contributed by atoms with Gasteiger partial charge in [-0.25, -0.2) is 0 Å². The van der Waals surface area contributed by atoms with E-state index in [1.54, 1.807) is 0 Å². The highest BCUT2D eigenvalue weighted by molar-refractivity contribution is 5.76. The van der Waals surface area contributed by atoms with Crippen LogP contribution in [0.15, 0.2) is 0 Å². The topological polar surface area (TPSA) is 58.4 Å². The van der Waals surface area contributed by atoms with Crippen LogP contribution >= 0.6 is 0 Å². The van der Waals surface area contributed by atoms with Gasteiger partial charge in [0.2, 0.25) is 5.91 Å². The molecule has 0 spiro atoms. The molecule has 2 unspecified atom stereocenters. The van der Waals surface area contributed by atoms with Crippen LogP contribution in [0.2, 0.25) is 0 Å². The van der Waals surface area contributed by atoms with Gasteiger partial charge in [0, 0.05) is 19.0 Å². The van der Waals surface area contributed by atoms with Crippen molar-refractivity contribution in [1.82, 2.24) is 10.2 Å². The number of hydrogen-bond acceptors (Lipinski definition) is 3. The van der Waals surface area contributed by atoms with Crippen LogP contribution in [0.4, 0.5) is 0 Å². The third kappa shape index (κ3) is 8.16. The first-order valence-electron chi connectivity index (χ1n) is 6.50. The quantitative estimate of drug-likeness (QED) is 0.670. The monoisotopic (exact) mass is 243 g/mol. The van der Waals surface area contributed by atoms with Crippen LogP contribution < -0.4 is 11.1 Å². The van der Waals surface area contributed by atoms with Crippen molar-refractivity contribution in [2.24, 2.45) is 17.6 Å². The highest BCUT2D eigenvalue weighted by Gasteiger charge is 2.14. The fraction of sp³-hybridized carbons (Fsp3) is 0.923. The predicted molar refractivity (Wildman–Crippen MR) is 72.8 cm³/mol. The van der Waals surface area contributed by atoms with Crippen molar-refractivity contribution in [3.05, 3.63) is 0 Å². The Kier molecular flexibility index (Phi) is 8.17. The molecule has 102 valence electrons. The highest BCUT2D eigenvalue weighted by Crippen LogP contribution is 2.13. The molecule has 0 rings (SSSR count). The molecule has 0 radical (unpaired) electrons. The normalized spacial score (nSPS) is 15.1. The minimum atomic E-state index is 0.120. The van der Waals surface area contributed by atoms with E-state index in [4.69, 9.17) is 5.73 Å². The van der Waals surface area contributed by atoms with Crippen molar-refractivity contribution in [3.8, 4) is 0 Å². The summed E-state index contributed by atoms with van der Waals surface area (Å²) in [7, 11) is 4.02. The van der Waals surface area contributed by atoms with Crippen molar-refractivity contribution in [2.75, 3.05) is 27.2 Å². The Balaban J connectivity index is 3.90. The van der Waals surface area contributed by atoms with Crippen molar-refractivity contribution in [2.45, 2.75) is 39.7 Å². The largest absolute Gasteiger partial charge is 0.355 e. The first-order valence-corrected chi connectivity index (χ1v) is 6.50. The Morgan fingerprint density at radius 2 is 1.88 bits per heavy atom. The van der Waals surface area contributed by atoms with E-state index in [9.17, 15) is 4.79 Å². The molecule has 1 amide bonds. The van der Waals surface area contributed by atoms with Gasteiger partial charge < -0.3 is 16.0 Å². The molecule has 0 aliphatic rings. The first-order chi connectivity index (χ1) is 7.86. The van der Waals surface area contributed by atoms with Crippen LogP contribution in [-0.2, 0) is 4.79 Å². The van der Waals surface area contributed by atoms with E-state index in [0.717, 1.165) is 6.42 Å². The minimum Gasteiger partial charge on any atom is -0.355 e. The molecule has 0 heterocycles. The SMILES string of the molecule is CC(C)CC(CN)CC(=O)NCC(C)N(C)C. The number of nitrogens with one attached hydrogen (secondary N) is 1. The molecule has 0 aromatic heterocycles. The van der Waals surface area contributed by atoms with Gasteiger partial charge in [0.15, 0.2) is 0 Å². The molecule has 0 aliphatic heterocycles. The number of hydrogen-bond donors (Lipinski definition) is 2. The van der Waals surface area contributed by atoms with Gasteiger partial charge in [0.25, 0.3) is 0 Å². The average molecular weight is 243 g/mol. The van der Waals surface area contributed by atoms with Gasteiger partial charge in [-0.3, -0.25) is 4.79 Å². The second kappa shape index (κ2) is 8.48.